The van der Waals surface area contributed by atoms with Crippen LogP contribution in [-0.4, -0.2) is 36.0 Å². The molecule has 1 atom stereocenters. The summed E-state index contributed by atoms with van der Waals surface area (Å²) in [5.41, 5.74) is 3.47. The van der Waals surface area contributed by atoms with Gasteiger partial charge in [-0.05, 0) is 31.0 Å². The van der Waals surface area contributed by atoms with E-state index in [0.29, 0.717) is 5.75 Å². The fourth-order valence-electron chi connectivity index (χ4n) is 2.99. The number of fused-ring (bicyclic) bond motifs is 1. The third-order valence-electron chi connectivity index (χ3n) is 4.17. The van der Waals surface area contributed by atoms with Crippen molar-refractivity contribution >= 4 is 5.69 Å². The van der Waals surface area contributed by atoms with Crippen LogP contribution in [0.3, 0.4) is 0 Å². The van der Waals surface area contributed by atoms with Gasteiger partial charge in [-0.3, -0.25) is 0 Å². The first-order chi connectivity index (χ1) is 11.2. The molecule has 0 radical (unpaired) electrons. The van der Waals surface area contributed by atoms with Crippen LogP contribution in [-0.2, 0) is 6.42 Å². The molecule has 0 aliphatic carbocycles. The van der Waals surface area contributed by atoms with E-state index < -0.39 is 0 Å². The number of phenols is 1. The Morgan fingerprint density at radius 1 is 1.17 bits per heavy atom. The predicted octanol–water partition coefficient (Wildman–Crippen LogP) is 2.89. The van der Waals surface area contributed by atoms with Crippen molar-refractivity contribution in [3.05, 3.63) is 53.6 Å². The minimum absolute atomic E-state index is 0.0331. The number of hydrogen-bond donors (Lipinski definition) is 2. The van der Waals surface area contributed by atoms with E-state index in [1.807, 2.05) is 6.07 Å². The smallest absolute Gasteiger partial charge is 0.146 e. The summed E-state index contributed by atoms with van der Waals surface area (Å²) in [6.45, 7) is 3.82. The molecular weight excluding hydrogens is 290 g/mol. The van der Waals surface area contributed by atoms with Gasteiger partial charge in [-0.2, -0.15) is 0 Å². The van der Waals surface area contributed by atoms with Crippen molar-refractivity contribution in [2.24, 2.45) is 0 Å². The summed E-state index contributed by atoms with van der Waals surface area (Å²) in [6, 6.07) is 13.7. The van der Waals surface area contributed by atoms with Crippen LogP contribution in [0.2, 0.25) is 0 Å². The van der Waals surface area contributed by atoms with Crippen LogP contribution in [0, 0.1) is 6.92 Å². The van der Waals surface area contributed by atoms with Crippen molar-refractivity contribution in [2.75, 3.05) is 24.6 Å². The second kappa shape index (κ2) is 6.92. The molecule has 0 spiro atoms. The molecule has 1 aliphatic rings. The number of phenolic OH excluding ortho intramolecular Hbond substituents is 1. The van der Waals surface area contributed by atoms with E-state index >= 15 is 0 Å². The van der Waals surface area contributed by atoms with Gasteiger partial charge in [0.2, 0.25) is 0 Å². The van der Waals surface area contributed by atoms with Crippen LogP contribution in [0.5, 0.6) is 11.5 Å². The van der Waals surface area contributed by atoms with Crippen molar-refractivity contribution in [1.29, 1.82) is 0 Å². The van der Waals surface area contributed by atoms with E-state index in [2.05, 4.69) is 36.1 Å². The van der Waals surface area contributed by atoms with Gasteiger partial charge in [-0.25, -0.2) is 0 Å². The predicted molar refractivity (Wildman–Crippen MR) is 91.3 cm³/mol. The SMILES string of the molecule is Cc1ccc(CC2CN(CCCO)c3ccc(O)cc3O2)cc1. The third kappa shape index (κ3) is 3.77. The fourth-order valence-corrected chi connectivity index (χ4v) is 2.99. The van der Waals surface area contributed by atoms with E-state index in [9.17, 15) is 5.11 Å². The normalized spacial score (nSPS) is 16.8. The molecule has 2 aromatic carbocycles. The fraction of sp³-hybridized carbons (Fsp3) is 0.368. The van der Waals surface area contributed by atoms with Gasteiger partial charge in [0.25, 0.3) is 0 Å². The molecule has 4 heteroatoms. The standard InChI is InChI=1S/C19H23NO3/c1-14-3-5-15(6-4-14)11-17-13-20(9-2-10-21)18-8-7-16(22)12-19(18)23-17/h3-8,12,17,21-22H,2,9-11,13H2,1H3. The highest BCUT2D eigenvalue weighted by Gasteiger charge is 2.26. The summed E-state index contributed by atoms with van der Waals surface area (Å²) in [6.07, 6.45) is 1.58. The van der Waals surface area contributed by atoms with Crippen LogP contribution in [0.1, 0.15) is 17.5 Å². The number of aryl methyl sites for hydroxylation is 1. The van der Waals surface area contributed by atoms with Gasteiger partial charge in [0, 0.05) is 25.6 Å². The van der Waals surface area contributed by atoms with E-state index in [-0.39, 0.29) is 18.5 Å². The Hall–Kier alpha value is -2.20. The zero-order valence-electron chi connectivity index (χ0n) is 13.4. The molecule has 0 fully saturated rings. The first-order valence-electron chi connectivity index (χ1n) is 8.07. The Labute approximate surface area is 136 Å². The first-order valence-corrected chi connectivity index (χ1v) is 8.07. The topological polar surface area (TPSA) is 52.9 Å². The maximum absolute atomic E-state index is 9.72. The molecule has 122 valence electrons. The van der Waals surface area contributed by atoms with Crippen LogP contribution < -0.4 is 9.64 Å². The molecule has 1 unspecified atom stereocenters. The van der Waals surface area contributed by atoms with Crippen LogP contribution in [0.4, 0.5) is 5.69 Å². The average molecular weight is 313 g/mol. The summed E-state index contributed by atoms with van der Waals surface area (Å²) < 4.78 is 6.09. The van der Waals surface area contributed by atoms with Crippen LogP contribution >= 0.6 is 0 Å². The molecule has 2 aromatic rings. The average Bonchev–Trinajstić information content (AvgIpc) is 2.54. The largest absolute Gasteiger partial charge is 0.508 e. The van der Waals surface area contributed by atoms with Crippen LogP contribution in [0.25, 0.3) is 0 Å². The van der Waals surface area contributed by atoms with Gasteiger partial charge >= 0.3 is 0 Å². The van der Waals surface area contributed by atoms with Gasteiger partial charge < -0.3 is 19.8 Å². The zero-order valence-corrected chi connectivity index (χ0v) is 13.4. The molecule has 1 aliphatic heterocycles. The minimum atomic E-state index is 0.0331. The van der Waals surface area contributed by atoms with E-state index in [1.165, 1.54) is 11.1 Å². The van der Waals surface area contributed by atoms with Gasteiger partial charge in [0.1, 0.15) is 17.6 Å². The minimum Gasteiger partial charge on any atom is -0.508 e. The lowest BCUT2D eigenvalue weighted by Crippen LogP contribution is -2.41. The number of benzene rings is 2. The lowest BCUT2D eigenvalue weighted by Gasteiger charge is -2.36. The molecule has 4 nitrogen and oxygen atoms in total. The maximum atomic E-state index is 9.72. The number of ether oxygens (including phenoxy) is 1. The highest BCUT2D eigenvalue weighted by molar-refractivity contribution is 5.62. The molecule has 23 heavy (non-hydrogen) atoms. The molecule has 2 N–H and O–H groups in total. The van der Waals surface area contributed by atoms with Crippen molar-refractivity contribution in [2.45, 2.75) is 25.9 Å². The molecule has 0 saturated carbocycles. The van der Waals surface area contributed by atoms with Crippen molar-refractivity contribution in [3.63, 3.8) is 0 Å². The molecular formula is C19H23NO3. The van der Waals surface area contributed by atoms with Gasteiger partial charge in [0.15, 0.2) is 0 Å². The molecule has 0 aromatic heterocycles. The zero-order chi connectivity index (χ0) is 16.2. The number of hydrogen-bond acceptors (Lipinski definition) is 4. The number of nitrogens with zero attached hydrogens (tertiary/aromatic N) is 1. The third-order valence-corrected chi connectivity index (χ3v) is 4.17. The van der Waals surface area contributed by atoms with E-state index in [4.69, 9.17) is 9.84 Å². The van der Waals surface area contributed by atoms with Gasteiger partial charge in [-0.15, -0.1) is 0 Å². The van der Waals surface area contributed by atoms with Crippen LogP contribution in [0.15, 0.2) is 42.5 Å². The number of anilines is 1. The summed E-state index contributed by atoms with van der Waals surface area (Å²) in [7, 11) is 0. The monoisotopic (exact) mass is 313 g/mol. The second-order valence-electron chi connectivity index (χ2n) is 6.10. The molecule has 0 amide bonds. The van der Waals surface area contributed by atoms with E-state index in [0.717, 1.165) is 31.6 Å². The Morgan fingerprint density at radius 3 is 2.70 bits per heavy atom. The quantitative estimate of drug-likeness (QED) is 0.891. The van der Waals surface area contributed by atoms with Crippen molar-refractivity contribution < 1.29 is 14.9 Å². The highest BCUT2D eigenvalue weighted by atomic mass is 16.5. The molecule has 3 rings (SSSR count). The van der Waals surface area contributed by atoms with E-state index in [1.54, 1.807) is 12.1 Å². The van der Waals surface area contributed by atoms with Gasteiger partial charge in [-0.1, -0.05) is 29.8 Å². The Morgan fingerprint density at radius 2 is 1.96 bits per heavy atom. The molecule has 0 saturated heterocycles. The lowest BCUT2D eigenvalue weighted by molar-refractivity contribution is 0.191. The second-order valence-corrected chi connectivity index (χ2v) is 6.10. The summed E-state index contributed by atoms with van der Waals surface area (Å²) in [4.78, 5) is 2.23. The number of rotatable bonds is 5. The summed E-state index contributed by atoms with van der Waals surface area (Å²) in [5, 5.41) is 18.8. The maximum Gasteiger partial charge on any atom is 0.146 e. The lowest BCUT2D eigenvalue weighted by atomic mass is 10.0. The summed E-state index contributed by atoms with van der Waals surface area (Å²) in [5.74, 6) is 0.924. The Kier molecular flexibility index (Phi) is 4.72. The number of aliphatic hydroxyl groups excluding tert-OH is 1. The first kappa shape index (κ1) is 15.7. The Balaban J connectivity index is 1.79. The highest BCUT2D eigenvalue weighted by Crippen LogP contribution is 2.36. The summed E-state index contributed by atoms with van der Waals surface area (Å²) >= 11 is 0. The molecule has 0 bridgehead atoms. The van der Waals surface area contributed by atoms with Crippen molar-refractivity contribution in [1.82, 2.24) is 0 Å². The molecule has 1 heterocycles. The Bertz CT molecular complexity index is 654. The van der Waals surface area contributed by atoms with Gasteiger partial charge in [0.05, 0.1) is 12.2 Å². The number of aliphatic hydroxyl groups is 1. The van der Waals surface area contributed by atoms with Crippen molar-refractivity contribution in [3.8, 4) is 11.5 Å². The number of aromatic hydroxyl groups is 1.